The number of rotatable bonds is 2. The number of carbonyl (C=O) groups excluding carboxylic acids is 2. The molecule has 1 amide bonds. The number of hydrogen-bond donors (Lipinski definition) is 1. The van der Waals surface area contributed by atoms with Crippen LogP contribution < -0.4 is 5.32 Å². The number of nitrogens with zero attached hydrogens (tertiary/aromatic N) is 1. The van der Waals surface area contributed by atoms with Crippen LogP contribution in [0.4, 0.5) is 0 Å². The molecule has 3 rings (SSSR count). The van der Waals surface area contributed by atoms with Crippen LogP contribution in [0.2, 0.25) is 0 Å². The van der Waals surface area contributed by atoms with Crippen LogP contribution in [0.25, 0.3) is 0 Å². The first-order valence-electron chi connectivity index (χ1n) is 7.26. The van der Waals surface area contributed by atoms with Crippen LogP contribution in [0.3, 0.4) is 0 Å². The number of thiophene rings is 1. The van der Waals surface area contributed by atoms with Gasteiger partial charge in [0.1, 0.15) is 0 Å². The fraction of sp³-hybridized carbons (Fsp3) is 0.600. The van der Waals surface area contributed by atoms with E-state index in [0.29, 0.717) is 9.75 Å². The third-order valence-corrected chi connectivity index (χ3v) is 5.64. The minimum atomic E-state index is 0.0329. The van der Waals surface area contributed by atoms with E-state index in [1.807, 2.05) is 4.90 Å². The van der Waals surface area contributed by atoms with Crippen LogP contribution in [0.5, 0.6) is 0 Å². The molecule has 0 spiro atoms. The topological polar surface area (TPSA) is 49.4 Å². The van der Waals surface area contributed by atoms with Gasteiger partial charge in [0.2, 0.25) is 0 Å². The summed E-state index contributed by atoms with van der Waals surface area (Å²) in [5, 5.41) is 3.44. The van der Waals surface area contributed by atoms with Crippen LogP contribution in [-0.2, 0) is 0 Å². The standard InChI is InChI=1S/C15H20N2O2S/c1-10(18)13-2-3-14(20-13)15(19)17-6-4-11-8-16-9-12(11)5-7-17/h2-3,11-12,16H,4-9H2,1H3/t11-,12+. The van der Waals surface area contributed by atoms with Crippen molar-refractivity contribution in [1.82, 2.24) is 10.2 Å². The van der Waals surface area contributed by atoms with Crippen molar-refractivity contribution in [3.8, 4) is 0 Å². The number of carbonyl (C=O) groups is 2. The minimum absolute atomic E-state index is 0.0329. The van der Waals surface area contributed by atoms with Gasteiger partial charge in [-0.2, -0.15) is 0 Å². The Balaban J connectivity index is 1.68. The number of nitrogens with one attached hydrogen (secondary N) is 1. The van der Waals surface area contributed by atoms with Gasteiger partial charge in [0.15, 0.2) is 5.78 Å². The molecule has 2 atom stereocenters. The Morgan fingerprint density at radius 3 is 2.30 bits per heavy atom. The fourth-order valence-electron chi connectivity index (χ4n) is 3.22. The van der Waals surface area contributed by atoms with Crippen molar-refractivity contribution in [3.63, 3.8) is 0 Å². The molecular formula is C15H20N2O2S. The Morgan fingerprint density at radius 1 is 1.15 bits per heavy atom. The first-order valence-corrected chi connectivity index (χ1v) is 8.07. The van der Waals surface area contributed by atoms with Crippen LogP contribution in [0.15, 0.2) is 12.1 Å². The second-order valence-electron chi connectivity index (χ2n) is 5.77. The Kier molecular flexibility index (Phi) is 3.89. The maximum atomic E-state index is 12.5. The molecule has 2 fully saturated rings. The molecule has 2 aliphatic rings. The summed E-state index contributed by atoms with van der Waals surface area (Å²) >= 11 is 1.32. The van der Waals surface area contributed by atoms with Gasteiger partial charge in [0.05, 0.1) is 9.75 Å². The average Bonchev–Trinajstić information content (AvgIpc) is 3.04. The Bertz CT molecular complexity index is 512. The first-order chi connectivity index (χ1) is 9.65. The quantitative estimate of drug-likeness (QED) is 0.849. The zero-order valence-corrected chi connectivity index (χ0v) is 12.5. The highest BCUT2D eigenvalue weighted by molar-refractivity contribution is 7.15. The van der Waals surface area contributed by atoms with E-state index in [1.165, 1.54) is 11.3 Å². The van der Waals surface area contributed by atoms with E-state index in [-0.39, 0.29) is 11.7 Å². The summed E-state index contributed by atoms with van der Waals surface area (Å²) < 4.78 is 0. The van der Waals surface area contributed by atoms with Crippen molar-refractivity contribution < 1.29 is 9.59 Å². The van der Waals surface area contributed by atoms with Gasteiger partial charge in [0, 0.05) is 13.1 Å². The molecule has 108 valence electrons. The van der Waals surface area contributed by atoms with Gasteiger partial charge in [0.25, 0.3) is 5.91 Å². The monoisotopic (exact) mass is 292 g/mol. The number of amides is 1. The van der Waals surface area contributed by atoms with Gasteiger partial charge < -0.3 is 10.2 Å². The van der Waals surface area contributed by atoms with E-state index in [4.69, 9.17) is 0 Å². The summed E-state index contributed by atoms with van der Waals surface area (Å²) in [5.74, 6) is 1.58. The zero-order chi connectivity index (χ0) is 14.1. The summed E-state index contributed by atoms with van der Waals surface area (Å²) in [5.41, 5.74) is 0. The third-order valence-electron chi connectivity index (χ3n) is 4.47. The van der Waals surface area contributed by atoms with Crippen LogP contribution in [0, 0.1) is 11.8 Å². The number of likely N-dealkylation sites (tertiary alicyclic amines) is 1. The highest BCUT2D eigenvalue weighted by Gasteiger charge is 2.31. The zero-order valence-electron chi connectivity index (χ0n) is 11.7. The fourth-order valence-corrected chi connectivity index (χ4v) is 4.09. The first kappa shape index (κ1) is 13.8. The lowest BCUT2D eigenvalue weighted by Crippen LogP contribution is -2.32. The van der Waals surface area contributed by atoms with Crippen molar-refractivity contribution in [3.05, 3.63) is 21.9 Å². The summed E-state index contributed by atoms with van der Waals surface area (Å²) in [7, 11) is 0. The maximum Gasteiger partial charge on any atom is 0.263 e. The van der Waals surface area contributed by atoms with Crippen LogP contribution in [0.1, 0.15) is 39.1 Å². The van der Waals surface area contributed by atoms with E-state index in [9.17, 15) is 9.59 Å². The second kappa shape index (κ2) is 5.66. The third kappa shape index (κ3) is 2.65. The molecule has 2 saturated heterocycles. The molecule has 4 nitrogen and oxygen atoms in total. The molecule has 20 heavy (non-hydrogen) atoms. The van der Waals surface area contributed by atoms with E-state index in [2.05, 4.69) is 5.32 Å². The van der Waals surface area contributed by atoms with Crippen LogP contribution >= 0.6 is 11.3 Å². The van der Waals surface area contributed by atoms with Gasteiger partial charge in [-0.05, 0) is 56.8 Å². The summed E-state index contributed by atoms with van der Waals surface area (Å²) in [6.07, 6.45) is 2.18. The molecule has 0 aromatic carbocycles. The molecule has 0 bridgehead atoms. The normalized spacial score (nSPS) is 26.1. The SMILES string of the molecule is CC(=O)c1ccc(C(=O)N2CC[C@@H]3CNC[C@@H]3CC2)s1. The lowest BCUT2D eigenvalue weighted by molar-refractivity contribution is 0.0763. The van der Waals surface area contributed by atoms with E-state index < -0.39 is 0 Å². The number of hydrogen-bond acceptors (Lipinski definition) is 4. The molecule has 1 N–H and O–H groups in total. The number of ketones is 1. The smallest absolute Gasteiger partial charge is 0.263 e. The summed E-state index contributed by atoms with van der Waals surface area (Å²) in [4.78, 5) is 27.2. The van der Waals surface area contributed by atoms with Gasteiger partial charge in [-0.1, -0.05) is 0 Å². The highest BCUT2D eigenvalue weighted by atomic mass is 32.1. The Morgan fingerprint density at radius 2 is 1.75 bits per heavy atom. The lowest BCUT2D eigenvalue weighted by atomic mass is 9.92. The van der Waals surface area contributed by atoms with E-state index >= 15 is 0 Å². The molecular weight excluding hydrogens is 272 g/mol. The van der Waals surface area contributed by atoms with Crippen LogP contribution in [-0.4, -0.2) is 42.8 Å². The average molecular weight is 292 g/mol. The molecule has 1 aromatic heterocycles. The Labute approximate surface area is 123 Å². The van der Waals surface area contributed by atoms with Crippen molar-refractivity contribution >= 4 is 23.0 Å². The minimum Gasteiger partial charge on any atom is -0.338 e. The largest absolute Gasteiger partial charge is 0.338 e. The van der Waals surface area contributed by atoms with Crippen molar-refractivity contribution in [1.29, 1.82) is 0 Å². The van der Waals surface area contributed by atoms with Crippen molar-refractivity contribution in [2.75, 3.05) is 26.2 Å². The van der Waals surface area contributed by atoms with Gasteiger partial charge in [-0.15, -0.1) is 11.3 Å². The molecule has 0 saturated carbocycles. The number of Topliss-reactive ketones (excluding diaryl/α,β-unsaturated/α-hetero) is 1. The molecule has 5 heteroatoms. The van der Waals surface area contributed by atoms with Gasteiger partial charge in [-0.25, -0.2) is 0 Å². The maximum absolute atomic E-state index is 12.5. The summed E-state index contributed by atoms with van der Waals surface area (Å²) in [6.45, 7) is 5.42. The number of fused-ring (bicyclic) bond motifs is 1. The predicted octanol–water partition coefficient (Wildman–Crippen LogP) is 2.02. The highest BCUT2D eigenvalue weighted by Crippen LogP contribution is 2.28. The molecule has 0 aliphatic carbocycles. The lowest BCUT2D eigenvalue weighted by Gasteiger charge is -2.20. The van der Waals surface area contributed by atoms with Crippen molar-refractivity contribution in [2.45, 2.75) is 19.8 Å². The molecule has 0 radical (unpaired) electrons. The van der Waals surface area contributed by atoms with E-state index in [1.54, 1.807) is 19.1 Å². The van der Waals surface area contributed by atoms with E-state index in [0.717, 1.165) is 50.9 Å². The van der Waals surface area contributed by atoms with Crippen molar-refractivity contribution in [2.24, 2.45) is 11.8 Å². The molecule has 0 unspecified atom stereocenters. The van der Waals surface area contributed by atoms with Gasteiger partial charge in [-0.3, -0.25) is 9.59 Å². The molecule has 2 aliphatic heterocycles. The molecule has 1 aromatic rings. The second-order valence-corrected chi connectivity index (χ2v) is 6.85. The molecule has 3 heterocycles. The van der Waals surface area contributed by atoms with Gasteiger partial charge >= 0.3 is 0 Å². The Hall–Kier alpha value is -1.20. The summed E-state index contributed by atoms with van der Waals surface area (Å²) in [6, 6.07) is 3.55. The predicted molar refractivity (Wildman–Crippen MR) is 79.3 cm³/mol.